The lowest BCUT2D eigenvalue weighted by Gasteiger charge is -2.22. The van der Waals surface area contributed by atoms with E-state index in [1.165, 1.54) is 7.11 Å². The van der Waals surface area contributed by atoms with Crippen LogP contribution in [0.2, 0.25) is 0 Å². The minimum Gasteiger partial charge on any atom is -0.500 e. The SMILES string of the molecule is COC1=C(C(=O)NC2CCC(=O)NC2=O)C=CCPC1. The highest BCUT2D eigenvalue weighted by atomic mass is 31.1. The monoisotopic (exact) mass is 296 g/mol. The Morgan fingerprint density at radius 2 is 2.30 bits per heavy atom. The molecule has 2 atom stereocenters. The molecule has 2 unspecified atom stereocenters. The number of allylic oxidation sites excluding steroid dienone is 2. The smallest absolute Gasteiger partial charge is 0.255 e. The van der Waals surface area contributed by atoms with Gasteiger partial charge in [0.25, 0.3) is 5.91 Å². The first kappa shape index (κ1) is 14.7. The summed E-state index contributed by atoms with van der Waals surface area (Å²) in [4.78, 5) is 35.0. The van der Waals surface area contributed by atoms with Gasteiger partial charge in [0.05, 0.1) is 12.7 Å². The van der Waals surface area contributed by atoms with Crippen LogP contribution in [-0.4, -0.2) is 43.2 Å². The summed E-state index contributed by atoms with van der Waals surface area (Å²) in [6.45, 7) is 0. The lowest BCUT2D eigenvalue weighted by molar-refractivity contribution is -0.136. The van der Waals surface area contributed by atoms with E-state index in [4.69, 9.17) is 4.74 Å². The average molecular weight is 296 g/mol. The van der Waals surface area contributed by atoms with Crippen molar-refractivity contribution in [3.63, 3.8) is 0 Å². The van der Waals surface area contributed by atoms with Crippen LogP contribution in [-0.2, 0) is 19.1 Å². The van der Waals surface area contributed by atoms with Crippen molar-refractivity contribution in [3.05, 3.63) is 23.5 Å². The topological polar surface area (TPSA) is 84.5 Å². The van der Waals surface area contributed by atoms with E-state index in [0.29, 0.717) is 26.3 Å². The molecule has 20 heavy (non-hydrogen) atoms. The lowest BCUT2D eigenvalue weighted by atomic mass is 10.1. The summed E-state index contributed by atoms with van der Waals surface area (Å²) in [6.07, 6.45) is 5.88. The average Bonchev–Trinajstić information content (AvgIpc) is 2.67. The van der Waals surface area contributed by atoms with E-state index in [2.05, 4.69) is 10.6 Å². The van der Waals surface area contributed by atoms with Gasteiger partial charge in [0, 0.05) is 12.6 Å². The fourth-order valence-corrected chi connectivity index (χ4v) is 3.08. The van der Waals surface area contributed by atoms with Gasteiger partial charge in [-0.15, -0.1) is 8.58 Å². The third kappa shape index (κ3) is 3.45. The number of piperidine rings is 1. The van der Waals surface area contributed by atoms with Crippen molar-refractivity contribution in [1.29, 1.82) is 0 Å². The molecule has 1 fully saturated rings. The standard InChI is InChI=1S/C13H17N2O4P/c1-19-10-7-20-6-2-3-8(10)12(17)14-9-4-5-11(16)15-13(9)18/h2-3,9,20H,4-7H2,1H3,(H,14,17)(H,15,16,18). The number of hydrogen-bond acceptors (Lipinski definition) is 4. The zero-order valence-electron chi connectivity index (χ0n) is 11.2. The molecule has 1 saturated heterocycles. The second-order valence-corrected chi connectivity index (χ2v) is 5.81. The van der Waals surface area contributed by atoms with Crippen LogP contribution in [0.3, 0.4) is 0 Å². The van der Waals surface area contributed by atoms with Gasteiger partial charge in [-0.25, -0.2) is 0 Å². The van der Waals surface area contributed by atoms with Gasteiger partial charge in [0.1, 0.15) is 11.8 Å². The quantitative estimate of drug-likeness (QED) is 0.569. The number of amides is 3. The van der Waals surface area contributed by atoms with Crippen LogP contribution in [0.4, 0.5) is 0 Å². The fraction of sp³-hybridized carbons (Fsp3) is 0.462. The number of methoxy groups -OCH3 is 1. The number of carbonyl (C=O) groups is 3. The number of ether oxygens (including phenoxy) is 1. The third-order valence-corrected chi connectivity index (χ3v) is 4.26. The molecule has 2 rings (SSSR count). The maximum Gasteiger partial charge on any atom is 0.255 e. The Bertz CT molecular complexity index is 499. The molecule has 0 aliphatic carbocycles. The summed E-state index contributed by atoms with van der Waals surface area (Å²) in [5.74, 6) is -0.442. The highest BCUT2D eigenvalue weighted by Crippen LogP contribution is 2.23. The Kier molecular flexibility index (Phi) is 4.90. The molecule has 108 valence electrons. The van der Waals surface area contributed by atoms with Gasteiger partial charge in [-0.1, -0.05) is 6.08 Å². The van der Waals surface area contributed by atoms with Crippen molar-refractivity contribution < 1.29 is 19.1 Å². The molecule has 0 saturated carbocycles. The molecular formula is C13H17N2O4P. The normalized spacial score (nSPS) is 24.4. The molecule has 2 aliphatic rings. The Balaban J connectivity index is 2.08. The van der Waals surface area contributed by atoms with Crippen molar-refractivity contribution in [1.82, 2.24) is 10.6 Å². The summed E-state index contributed by atoms with van der Waals surface area (Å²) in [5.41, 5.74) is 0.460. The first-order valence-electron chi connectivity index (χ1n) is 6.40. The predicted octanol–water partition coefficient (Wildman–Crippen LogP) is 0.0566. The summed E-state index contributed by atoms with van der Waals surface area (Å²) in [6, 6.07) is -0.662. The zero-order chi connectivity index (χ0) is 14.5. The van der Waals surface area contributed by atoms with Crippen LogP contribution in [0.5, 0.6) is 0 Å². The second kappa shape index (κ2) is 6.66. The minimum atomic E-state index is -0.662. The van der Waals surface area contributed by atoms with E-state index < -0.39 is 11.9 Å². The summed E-state index contributed by atoms with van der Waals surface area (Å²) >= 11 is 0. The van der Waals surface area contributed by atoms with Crippen LogP contribution in [0.15, 0.2) is 23.5 Å². The summed E-state index contributed by atoms with van der Waals surface area (Å²) in [7, 11) is 2.23. The van der Waals surface area contributed by atoms with Gasteiger partial charge in [-0.2, -0.15) is 0 Å². The van der Waals surface area contributed by atoms with E-state index >= 15 is 0 Å². The zero-order valence-corrected chi connectivity index (χ0v) is 12.2. The predicted molar refractivity (Wildman–Crippen MR) is 75.5 cm³/mol. The molecule has 0 bridgehead atoms. The minimum absolute atomic E-state index is 0.240. The molecule has 6 nitrogen and oxygen atoms in total. The molecule has 2 aliphatic heterocycles. The lowest BCUT2D eigenvalue weighted by Crippen LogP contribution is -2.52. The molecule has 7 heteroatoms. The number of rotatable bonds is 3. The molecule has 2 heterocycles. The van der Waals surface area contributed by atoms with Crippen LogP contribution >= 0.6 is 8.58 Å². The largest absolute Gasteiger partial charge is 0.500 e. The number of imide groups is 1. The van der Waals surface area contributed by atoms with E-state index in [9.17, 15) is 14.4 Å². The molecule has 0 aromatic heterocycles. The highest BCUT2D eigenvalue weighted by Gasteiger charge is 2.29. The molecule has 2 N–H and O–H groups in total. The van der Waals surface area contributed by atoms with Crippen LogP contribution in [0, 0.1) is 0 Å². The van der Waals surface area contributed by atoms with Crippen molar-refractivity contribution in [3.8, 4) is 0 Å². The number of carbonyl (C=O) groups excluding carboxylic acids is 3. The number of hydrogen-bond donors (Lipinski definition) is 2. The Morgan fingerprint density at radius 1 is 1.50 bits per heavy atom. The van der Waals surface area contributed by atoms with Gasteiger partial charge >= 0.3 is 0 Å². The molecule has 3 amide bonds. The fourth-order valence-electron chi connectivity index (χ4n) is 2.09. The Hall–Kier alpha value is -1.68. The summed E-state index contributed by atoms with van der Waals surface area (Å²) < 4.78 is 5.26. The van der Waals surface area contributed by atoms with E-state index in [1.807, 2.05) is 6.08 Å². The van der Waals surface area contributed by atoms with Gasteiger partial charge in [-0.05, 0) is 18.7 Å². The van der Waals surface area contributed by atoms with Crippen molar-refractivity contribution >= 4 is 26.3 Å². The second-order valence-electron chi connectivity index (χ2n) is 4.55. The van der Waals surface area contributed by atoms with Gasteiger partial charge in [0.15, 0.2) is 0 Å². The maximum absolute atomic E-state index is 12.3. The van der Waals surface area contributed by atoms with Crippen LogP contribution in [0.1, 0.15) is 12.8 Å². The Morgan fingerprint density at radius 3 is 3.00 bits per heavy atom. The van der Waals surface area contributed by atoms with Crippen molar-refractivity contribution in [2.24, 2.45) is 0 Å². The van der Waals surface area contributed by atoms with E-state index in [0.717, 1.165) is 12.3 Å². The summed E-state index contributed by atoms with van der Waals surface area (Å²) in [5, 5.41) is 4.88. The third-order valence-electron chi connectivity index (χ3n) is 3.17. The molecule has 0 radical (unpaired) electrons. The molecule has 0 aromatic rings. The van der Waals surface area contributed by atoms with Crippen molar-refractivity contribution in [2.45, 2.75) is 18.9 Å². The van der Waals surface area contributed by atoms with Crippen LogP contribution < -0.4 is 10.6 Å². The molecule has 0 aromatic carbocycles. The van der Waals surface area contributed by atoms with Gasteiger partial charge in [0.2, 0.25) is 11.8 Å². The molecular weight excluding hydrogens is 279 g/mol. The highest BCUT2D eigenvalue weighted by molar-refractivity contribution is 7.38. The maximum atomic E-state index is 12.3. The van der Waals surface area contributed by atoms with Gasteiger partial charge < -0.3 is 10.1 Å². The van der Waals surface area contributed by atoms with Crippen LogP contribution in [0.25, 0.3) is 0 Å². The van der Waals surface area contributed by atoms with E-state index in [-0.39, 0.29) is 18.2 Å². The van der Waals surface area contributed by atoms with Gasteiger partial charge in [-0.3, -0.25) is 19.7 Å². The molecule has 0 spiro atoms. The van der Waals surface area contributed by atoms with Crippen molar-refractivity contribution in [2.75, 3.05) is 19.4 Å². The number of nitrogens with one attached hydrogen (secondary N) is 2. The first-order valence-corrected chi connectivity index (χ1v) is 7.82. The van der Waals surface area contributed by atoms with E-state index in [1.54, 1.807) is 6.08 Å². The Labute approximate surface area is 118 Å². The first-order chi connectivity index (χ1) is 9.61.